The number of fused-ring (bicyclic) bond motifs is 1. The molecule has 0 radical (unpaired) electrons. The average Bonchev–Trinajstić information content (AvgIpc) is 2.70. The van der Waals surface area contributed by atoms with Gasteiger partial charge in [0, 0.05) is 51.1 Å². The first kappa shape index (κ1) is 19.7. The zero-order chi connectivity index (χ0) is 20.3. The molecule has 0 aliphatic carbocycles. The number of carbonyl (C=O) groups is 2. The van der Waals surface area contributed by atoms with E-state index in [4.69, 9.17) is 9.97 Å². The van der Waals surface area contributed by atoms with Crippen molar-refractivity contribution < 1.29 is 9.59 Å². The molecule has 3 heterocycles. The maximum absolute atomic E-state index is 12.9. The summed E-state index contributed by atoms with van der Waals surface area (Å²) in [5, 5.41) is 2.74. The van der Waals surface area contributed by atoms with E-state index in [1.165, 1.54) is 6.92 Å². The fourth-order valence-electron chi connectivity index (χ4n) is 3.40. The van der Waals surface area contributed by atoms with Gasteiger partial charge in [-0.1, -0.05) is 6.92 Å². The Morgan fingerprint density at radius 2 is 2.11 bits per heavy atom. The summed E-state index contributed by atoms with van der Waals surface area (Å²) in [5.74, 6) is 1.19. The van der Waals surface area contributed by atoms with Crippen LogP contribution in [0.25, 0.3) is 11.4 Å². The molecule has 3 rings (SSSR count). The molecule has 0 saturated carbocycles. The van der Waals surface area contributed by atoms with Gasteiger partial charge in [-0.25, -0.2) is 9.97 Å². The summed E-state index contributed by atoms with van der Waals surface area (Å²) in [4.78, 5) is 41.7. The maximum atomic E-state index is 12.9. The molecule has 1 N–H and O–H groups in total. The lowest BCUT2D eigenvalue weighted by Crippen LogP contribution is -2.49. The molecular weight excluding hydrogens is 356 g/mol. The Hall–Kier alpha value is -3.03. The molecule has 1 aliphatic rings. The Morgan fingerprint density at radius 1 is 1.32 bits per heavy atom. The summed E-state index contributed by atoms with van der Waals surface area (Å²) in [5.41, 5.74) is 2.74. The number of hydrogen-bond donors (Lipinski definition) is 1. The molecule has 0 unspecified atom stereocenters. The van der Waals surface area contributed by atoms with Crippen LogP contribution < -0.4 is 10.2 Å². The molecule has 1 aliphatic heterocycles. The van der Waals surface area contributed by atoms with Gasteiger partial charge in [-0.15, -0.1) is 0 Å². The highest BCUT2D eigenvalue weighted by atomic mass is 16.2. The van der Waals surface area contributed by atoms with E-state index in [0.29, 0.717) is 31.8 Å². The van der Waals surface area contributed by atoms with Crippen molar-refractivity contribution in [1.29, 1.82) is 0 Å². The van der Waals surface area contributed by atoms with Crippen LogP contribution in [0, 0.1) is 0 Å². The van der Waals surface area contributed by atoms with Gasteiger partial charge in [-0.05, 0) is 25.0 Å². The van der Waals surface area contributed by atoms with E-state index in [2.05, 4.69) is 10.3 Å². The van der Waals surface area contributed by atoms with E-state index in [-0.39, 0.29) is 11.8 Å². The average molecular weight is 382 g/mol. The molecule has 28 heavy (non-hydrogen) atoms. The molecule has 0 spiro atoms. The zero-order valence-corrected chi connectivity index (χ0v) is 16.8. The lowest BCUT2D eigenvalue weighted by atomic mass is 10.0. The maximum Gasteiger partial charge on any atom is 0.245 e. The van der Waals surface area contributed by atoms with Crippen LogP contribution in [-0.4, -0.2) is 58.3 Å². The van der Waals surface area contributed by atoms with Crippen molar-refractivity contribution in [3.05, 3.63) is 35.8 Å². The van der Waals surface area contributed by atoms with Gasteiger partial charge in [0.05, 0.1) is 12.2 Å². The third kappa shape index (κ3) is 4.11. The van der Waals surface area contributed by atoms with E-state index < -0.39 is 6.04 Å². The van der Waals surface area contributed by atoms with Crippen LogP contribution in [0.4, 0.5) is 5.82 Å². The van der Waals surface area contributed by atoms with Crippen molar-refractivity contribution in [3.8, 4) is 11.4 Å². The Morgan fingerprint density at radius 3 is 2.71 bits per heavy atom. The topological polar surface area (TPSA) is 91.3 Å². The number of nitrogens with one attached hydrogen (secondary N) is 1. The summed E-state index contributed by atoms with van der Waals surface area (Å²) in [6, 6.07) is 3.26. The summed E-state index contributed by atoms with van der Waals surface area (Å²) in [6.07, 6.45) is 4.67. The third-order valence-electron chi connectivity index (χ3n) is 4.78. The molecule has 0 fully saturated rings. The van der Waals surface area contributed by atoms with Crippen LogP contribution >= 0.6 is 0 Å². The lowest BCUT2D eigenvalue weighted by Gasteiger charge is -2.32. The van der Waals surface area contributed by atoms with E-state index >= 15 is 0 Å². The highest BCUT2D eigenvalue weighted by Crippen LogP contribution is 2.28. The van der Waals surface area contributed by atoms with Gasteiger partial charge in [0.15, 0.2) is 5.82 Å². The Balaban J connectivity index is 1.94. The molecule has 8 nitrogen and oxygen atoms in total. The van der Waals surface area contributed by atoms with Gasteiger partial charge in [-0.2, -0.15) is 0 Å². The van der Waals surface area contributed by atoms with Crippen molar-refractivity contribution in [1.82, 2.24) is 25.2 Å². The number of carbonyl (C=O) groups excluding carboxylic acids is 2. The quantitative estimate of drug-likeness (QED) is 0.841. The number of hydrogen-bond acceptors (Lipinski definition) is 6. The van der Waals surface area contributed by atoms with Gasteiger partial charge < -0.3 is 15.1 Å². The van der Waals surface area contributed by atoms with Crippen molar-refractivity contribution in [2.24, 2.45) is 0 Å². The second-order valence-corrected chi connectivity index (χ2v) is 7.10. The first-order valence-electron chi connectivity index (χ1n) is 9.44. The molecule has 2 aromatic heterocycles. The van der Waals surface area contributed by atoms with E-state index in [9.17, 15) is 9.59 Å². The van der Waals surface area contributed by atoms with E-state index in [1.54, 1.807) is 17.3 Å². The highest BCUT2D eigenvalue weighted by molar-refractivity contribution is 5.87. The largest absolute Gasteiger partial charge is 0.362 e. The van der Waals surface area contributed by atoms with Crippen molar-refractivity contribution in [2.45, 2.75) is 39.3 Å². The van der Waals surface area contributed by atoms with Crippen LogP contribution in [0.1, 0.15) is 31.5 Å². The Bertz CT molecular complexity index is 868. The first-order chi connectivity index (χ1) is 13.4. The summed E-state index contributed by atoms with van der Waals surface area (Å²) >= 11 is 0. The number of rotatable bonds is 5. The van der Waals surface area contributed by atoms with Crippen LogP contribution in [0.15, 0.2) is 24.5 Å². The van der Waals surface area contributed by atoms with Crippen LogP contribution in [0.2, 0.25) is 0 Å². The molecule has 8 heteroatoms. The van der Waals surface area contributed by atoms with Crippen molar-refractivity contribution >= 4 is 17.6 Å². The van der Waals surface area contributed by atoms with Crippen LogP contribution in [0.5, 0.6) is 0 Å². The summed E-state index contributed by atoms with van der Waals surface area (Å²) in [6.45, 7) is 4.31. The Kier molecular flexibility index (Phi) is 5.87. The predicted octanol–water partition coefficient (Wildman–Crippen LogP) is 1.40. The van der Waals surface area contributed by atoms with Gasteiger partial charge in [0.1, 0.15) is 11.9 Å². The number of pyridine rings is 1. The molecule has 0 aromatic carbocycles. The van der Waals surface area contributed by atoms with Crippen LogP contribution in [0.3, 0.4) is 0 Å². The molecular formula is C20H26N6O2. The monoisotopic (exact) mass is 382 g/mol. The minimum atomic E-state index is -0.507. The standard InChI is InChI=1S/C20H26N6O2/c1-5-16(22-13(2)27)20(28)26-10-8-15-17(12-26)23-18(24-19(15)25(3)4)14-7-6-9-21-11-14/h6-7,9,11,16H,5,8,10,12H2,1-4H3,(H,22,27)/t16-/m1/s1. The summed E-state index contributed by atoms with van der Waals surface area (Å²) in [7, 11) is 3.91. The Labute approximate surface area is 165 Å². The van der Waals surface area contributed by atoms with Gasteiger partial charge >= 0.3 is 0 Å². The normalized spacial score (nSPS) is 14.2. The van der Waals surface area contributed by atoms with Gasteiger partial charge in [0.2, 0.25) is 11.8 Å². The van der Waals surface area contributed by atoms with Crippen molar-refractivity contribution in [3.63, 3.8) is 0 Å². The zero-order valence-electron chi connectivity index (χ0n) is 16.8. The number of aromatic nitrogens is 3. The molecule has 1 atom stereocenters. The highest BCUT2D eigenvalue weighted by Gasteiger charge is 2.30. The van der Waals surface area contributed by atoms with Gasteiger partial charge in [0.25, 0.3) is 0 Å². The van der Waals surface area contributed by atoms with Crippen molar-refractivity contribution in [2.75, 3.05) is 25.5 Å². The molecule has 148 valence electrons. The first-order valence-corrected chi connectivity index (χ1v) is 9.44. The van der Waals surface area contributed by atoms with Gasteiger partial charge in [-0.3, -0.25) is 14.6 Å². The fourth-order valence-corrected chi connectivity index (χ4v) is 3.40. The minimum Gasteiger partial charge on any atom is -0.362 e. The minimum absolute atomic E-state index is 0.0729. The molecule has 2 amide bonds. The van der Waals surface area contributed by atoms with E-state index in [1.807, 2.05) is 38.1 Å². The number of anilines is 1. The lowest BCUT2D eigenvalue weighted by molar-refractivity contribution is -0.137. The summed E-state index contributed by atoms with van der Waals surface area (Å²) < 4.78 is 0. The molecule has 0 bridgehead atoms. The fraction of sp³-hybridized carbons (Fsp3) is 0.450. The van der Waals surface area contributed by atoms with E-state index in [0.717, 1.165) is 22.6 Å². The second kappa shape index (κ2) is 8.33. The SMILES string of the molecule is CC[C@@H](NC(C)=O)C(=O)N1CCc2c(nc(-c3cccnc3)nc2N(C)C)C1. The van der Waals surface area contributed by atoms with Crippen LogP contribution in [-0.2, 0) is 22.6 Å². The third-order valence-corrected chi connectivity index (χ3v) is 4.78. The second-order valence-electron chi connectivity index (χ2n) is 7.10. The predicted molar refractivity (Wildman–Crippen MR) is 107 cm³/mol. The molecule has 2 aromatic rings. The molecule has 0 saturated heterocycles. The smallest absolute Gasteiger partial charge is 0.245 e. The number of amides is 2. The number of nitrogens with zero attached hydrogens (tertiary/aromatic N) is 5.